The second-order valence-corrected chi connectivity index (χ2v) is 6.61. The summed E-state index contributed by atoms with van der Waals surface area (Å²) in [4.78, 5) is 14.4. The number of carbonyl (C=O) groups excluding carboxylic acids is 1. The van der Waals surface area contributed by atoms with Gasteiger partial charge >= 0.3 is 0 Å². The van der Waals surface area contributed by atoms with Gasteiger partial charge in [0.05, 0.1) is 6.54 Å². The van der Waals surface area contributed by atoms with E-state index in [0.29, 0.717) is 25.0 Å². The molecule has 3 nitrogen and oxygen atoms in total. The van der Waals surface area contributed by atoms with Crippen LogP contribution in [0.15, 0.2) is 24.3 Å². The number of amides is 1. The van der Waals surface area contributed by atoms with Crippen LogP contribution in [0.1, 0.15) is 38.7 Å². The van der Waals surface area contributed by atoms with Crippen LogP contribution in [0.25, 0.3) is 0 Å². The maximum absolute atomic E-state index is 12.8. The van der Waals surface area contributed by atoms with Crippen LogP contribution in [0.4, 0.5) is 4.39 Å². The van der Waals surface area contributed by atoms with Crippen molar-refractivity contribution in [2.45, 2.75) is 45.6 Å². The van der Waals surface area contributed by atoms with E-state index in [-0.39, 0.29) is 11.7 Å². The van der Waals surface area contributed by atoms with Crippen LogP contribution in [0.3, 0.4) is 0 Å². The molecule has 1 saturated carbocycles. The fourth-order valence-corrected chi connectivity index (χ4v) is 2.49. The van der Waals surface area contributed by atoms with Gasteiger partial charge in [0.1, 0.15) is 5.82 Å². The first kappa shape index (κ1) is 16.9. The van der Waals surface area contributed by atoms with Gasteiger partial charge in [-0.2, -0.15) is 0 Å². The van der Waals surface area contributed by atoms with E-state index in [1.54, 1.807) is 12.1 Å². The van der Waals surface area contributed by atoms with E-state index in [4.69, 9.17) is 0 Å². The Balaban J connectivity index is 1.68. The van der Waals surface area contributed by atoms with Gasteiger partial charge in [0, 0.05) is 12.6 Å². The molecule has 2 rings (SSSR count). The third-order valence-corrected chi connectivity index (χ3v) is 4.05. The van der Waals surface area contributed by atoms with Gasteiger partial charge < -0.3 is 5.32 Å². The quantitative estimate of drug-likeness (QED) is 0.760. The summed E-state index contributed by atoms with van der Waals surface area (Å²) >= 11 is 0. The second kappa shape index (κ2) is 8.28. The van der Waals surface area contributed by atoms with E-state index in [0.717, 1.165) is 24.9 Å². The van der Waals surface area contributed by atoms with Crippen molar-refractivity contribution in [3.63, 3.8) is 0 Å². The van der Waals surface area contributed by atoms with Crippen LogP contribution in [-0.4, -0.2) is 36.5 Å². The monoisotopic (exact) mass is 306 g/mol. The predicted octanol–water partition coefficient (Wildman–Crippen LogP) is 2.99. The fourth-order valence-electron chi connectivity index (χ4n) is 2.49. The number of hydrogen-bond donors (Lipinski definition) is 1. The maximum atomic E-state index is 12.8. The lowest BCUT2D eigenvalue weighted by Gasteiger charge is -2.22. The van der Waals surface area contributed by atoms with Crippen molar-refractivity contribution in [3.8, 4) is 0 Å². The largest absolute Gasteiger partial charge is 0.355 e. The molecule has 0 spiro atoms. The predicted molar refractivity (Wildman–Crippen MR) is 87.2 cm³/mol. The van der Waals surface area contributed by atoms with Crippen LogP contribution in [-0.2, 0) is 11.2 Å². The third kappa shape index (κ3) is 6.14. The number of hydrogen-bond acceptors (Lipinski definition) is 2. The normalized spacial score (nSPS) is 14.6. The van der Waals surface area contributed by atoms with Crippen LogP contribution < -0.4 is 5.32 Å². The number of nitrogens with one attached hydrogen (secondary N) is 1. The molecule has 22 heavy (non-hydrogen) atoms. The number of rotatable bonds is 9. The van der Waals surface area contributed by atoms with Crippen molar-refractivity contribution in [2.75, 3.05) is 19.6 Å². The first-order chi connectivity index (χ1) is 10.5. The van der Waals surface area contributed by atoms with Crippen molar-refractivity contribution in [3.05, 3.63) is 35.6 Å². The van der Waals surface area contributed by atoms with Crippen molar-refractivity contribution in [1.29, 1.82) is 0 Å². The number of nitrogens with zero attached hydrogens (tertiary/aromatic N) is 1. The number of halogens is 1. The van der Waals surface area contributed by atoms with Gasteiger partial charge in [-0.15, -0.1) is 0 Å². The molecule has 0 aliphatic heterocycles. The summed E-state index contributed by atoms with van der Waals surface area (Å²) in [6, 6.07) is 7.05. The average Bonchev–Trinajstić information content (AvgIpc) is 3.30. The highest BCUT2D eigenvalue weighted by Gasteiger charge is 2.29. The summed E-state index contributed by atoms with van der Waals surface area (Å²) in [5.74, 6) is 0.540. The lowest BCUT2D eigenvalue weighted by Crippen LogP contribution is -2.39. The van der Waals surface area contributed by atoms with Crippen LogP contribution in [0.5, 0.6) is 0 Å². The lowest BCUT2D eigenvalue weighted by atomic mass is 10.1. The molecule has 1 aromatic carbocycles. The second-order valence-electron chi connectivity index (χ2n) is 6.61. The Morgan fingerprint density at radius 1 is 1.32 bits per heavy atom. The zero-order valence-electron chi connectivity index (χ0n) is 13.6. The summed E-state index contributed by atoms with van der Waals surface area (Å²) in [6.07, 6.45) is 4.32. The minimum atomic E-state index is -0.224. The molecule has 0 heterocycles. The third-order valence-electron chi connectivity index (χ3n) is 4.05. The van der Waals surface area contributed by atoms with E-state index in [1.165, 1.54) is 25.0 Å². The van der Waals surface area contributed by atoms with Crippen molar-refractivity contribution >= 4 is 5.91 Å². The fraction of sp³-hybridized carbons (Fsp3) is 0.611. The van der Waals surface area contributed by atoms with E-state index in [1.807, 2.05) is 0 Å². The number of benzene rings is 1. The Morgan fingerprint density at radius 2 is 2.00 bits per heavy atom. The molecule has 4 heteroatoms. The van der Waals surface area contributed by atoms with Crippen molar-refractivity contribution in [2.24, 2.45) is 5.92 Å². The van der Waals surface area contributed by atoms with Gasteiger partial charge in [0.25, 0.3) is 0 Å². The van der Waals surface area contributed by atoms with Gasteiger partial charge in [0.2, 0.25) is 5.91 Å². The highest BCUT2D eigenvalue weighted by atomic mass is 19.1. The van der Waals surface area contributed by atoms with Gasteiger partial charge in [-0.05, 0) is 55.8 Å². The Hall–Kier alpha value is -1.42. The molecule has 0 atom stereocenters. The summed E-state index contributed by atoms with van der Waals surface area (Å²) in [6.45, 7) is 6.55. The van der Waals surface area contributed by atoms with Crippen molar-refractivity contribution < 1.29 is 9.18 Å². The Labute approximate surface area is 132 Å². The van der Waals surface area contributed by atoms with Crippen LogP contribution >= 0.6 is 0 Å². The molecule has 0 bridgehead atoms. The van der Waals surface area contributed by atoms with E-state index < -0.39 is 0 Å². The highest BCUT2D eigenvalue weighted by Crippen LogP contribution is 2.27. The smallest absolute Gasteiger partial charge is 0.234 e. The molecular weight excluding hydrogens is 279 g/mol. The first-order valence-corrected chi connectivity index (χ1v) is 8.30. The molecule has 1 amide bonds. The average molecular weight is 306 g/mol. The molecule has 122 valence electrons. The lowest BCUT2D eigenvalue weighted by molar-refractivity contribution is -0.122. The minimum absolute atomic E-state index is 0.0952. The molecule has 0 unspecified atom stereocenters. The molecule has 0 radical (unpaired) electrons. The van der Waals surface area contributed by atoms with Gasteiger partial charge in [-0.3, -0.25) is 9.69 Å². The van der Waals surface area contributed by atoms with Crippen LogP contribution in [0, 0.1) is 11.7 Å². The molecule has 1 aromatic rings. The highest BCUT2D eigenvalue weighted by molar-refractivity contribution is 5.78. The zero-order chi connectivity index (χ0) is 15.9. The Kier molecular flexibility index (Phi) is 6.37. The molecule has 1 aliphatic carbocycles. The van der Waals surface area contributed by atoms with Gasteiger partial charge in [-0.25, -0.2) is 4.39 Å². The van der Waals surface area contributed by atoms with E-state index in [2.05, 4.69) is 24.1 Å². The molecule has 1 aliphatic rings. The molecule has 1 N–H and O–H groups in total. The molecule has 1 fully saturated rings. The molecule has 0 saturated heterocycles. The topological polar surface area (TPSA) is 32.3 Å². The van der Waals surface area contributed by atoms with E-state index in [9.17, 15) is 9.18 Å². The summed E-state index contributed by atoms with van der Waals surface area (Å²) in [5, 5.41) is 2.97. The van der Waals surface area contributed by atoms with Gasteiger partial charge in [-0.1, -0.05) is 26.0 Å². The van der Waals surface area contributed by atoms with Crippen LogP contribution in [0.2, 0.25) is 0 Å². The van der Waals surface area contributed by atoms with Gasteiger partial charge in [0.15, 0.2) is 0 Å². The standard InChI is InChI=1S/C18H27FN2O/c1-14(2)10-12-21(17-7-8-17)13-18(22)20-11-9-15-3-5-16(19)6-4-15/h3-6,14,17H,7-13H2,1-2H3,(H,20,22). The SMILES string of the molecule is CC(C)CCN(CC(=O)NCCc1ccc(F)cc1)C1CC1. The number of carbonyl (C=O) groups is 1. The Morgan fingerprint density at radius 3 is 2.59 bits per heavy atom. The zero-order valence-corrected chi connectivity index (χ0v) is 13.6. The maximum Gasteiger partial charge on any atom is 0.234 e. The molecule has 0 aromatic heterocycles. The Bertz CT molecular complexity index is 468. The summed E-state index contributed by atoms with van der Waals surface area (Å²) < 4.78 is 12.8. The van der Waals surface area contributed by atoms with Crippen molar-refractivity contribution in [1.82, 2.24) is 10.2 Å². The van der Waals surface area contributed by atoms with E-state index >= 15 is 0 Å². The minimum Gasteiger partial charge on any atom is -0.355 e. The molecular formula is C18H27FN2O. The summed E-state index contributed by atoms with van der Waals surface area (Å²) in [7, 11) is 0. The first-order valence-electron chi connectivity index (χ1n) is 8.30. The summed E-state index contributed by atoms with van der Waals surface area (Å²) in [5.41, 5.74) is 1.04.